The minimum atomic E-state index is -3.86. The smallest absolute Gasteiger partial charge is 0.261 e. The van der Waals surface area contributed by atoms with Crippen molar-refractivity contribution in [2.75, 3.05) is 50.0 Å². The molecule has 178 valence electrons. The number of carbonyl (C=O) groups is 1. The number of nitrogens with zero attached hydrogens (tertiary/aromatic N) is 2. The Labute approximate surface area is 199 Å². The zero-order chi connectivity index (χ0) is 24.1. The molecule has 1 amide bonds. The molecule has 1 aliphatic rings. The molecule has 0 bridgehead atoms. The summed E-state index contributed by atoms with van der Waals surface area (Å²) in [5, 5.41) is 0. The van der Waals surface area contributed by atoms with Crippen LogP contribution in [0, 0.1) is 0 Å². The van der Waals surface area contributed by atoms with Gasteiger partial charge in [-0.2, -0.15) is 0 Å². The highest BCUT2D eigenvalue weighted by Crippen LogP contribution is 2.28. The van der Waals surface area contributed by atoms with Crippen molar-refractivity contribution in [1.29, 1.82) is 0 Å². The van der Waals surface area contributed by atoms with Crippen LogP contribution in [0.4, 0.5) is 11.4 Å². The average Bonchev–Trinajstić information content (AvgIpc) is 2.88. The molecule has 0 aromatic heterocycles. The minimum absolute atomic E-state index is 0.0295. The van der Waals surface area contributed by atoms with Crippen LogP contribution in [0.25, 0.3) is 0 Å². The van der Waals surface area contributed by atoms with Crippen LogP contribution in [-0.2, 0) is 10.0 Å². The molecule has 0 saturated carbocycles. The first-order chi connectivity index (χ1) is 16.4. The lowest BCUT2D eigenvalue weighted by Gasteiger charge is -2.36. The first kappa shape index (κ1) is 23.4. The Morgan fingerprint density at radius 1 is 0.853 bits per heavy atom. The largest absolute Gasteiger partial charge is 0.497 e. The lowest BCUT2D eigenvalue weighted by Crippen LogP contribution is -2.48. The second-order valence-electron chi connectivity index (χ2n) is 7.81. The molecule has 4 rings (SSSR count). The molecule has 0 atom stereocenters. The molecule has 1 heterocycles. The van der Waals surface area contributed by atoms with E-state index in [0.29, 0.717) is 43.2 Å². The number of hydrogen-bond acceptors (Lipinski definition) is 6. The monoisotopic (exact) mass is 481 g/mol. The molecule has 0 unspecified atom stereocenters. The number of nitrogens with one attached hydrogen (secondary N) is 1. The number of piperazine rings is 1. The highest BCUT2D eigenvalue weighted by atomic mass is 32.2. The highest BCUT2D eigenvalue weighted by Gasteiger charge is 2.25. The molecule has 8 nitrogen and oxygen atoms in total. The molecule has 1 N–H and O–H groups in total. The van der Waals surface area contributed by atoms with E-state index in [9.17, 15) is 13.2 Å². The fourth-order valence-corrected chi connectivity index (χ4v) is 5.00. The zero-order valence-electron chi connectivity index (χ0n) is 19.1. The molecule has 1 fully saturated rings. The van der Waals surface area contributed by atoms with Gasteiger partial charge in [0.15, 0.2) is 0 Å². The Hall–Kier alpha value is -3.72. The molecule has 0 spiro atoms. The van der Waals surface area contributed by atoms with Crippen LogP contribution < -0.4 is 19.1 Å². The van der Waals surface area contributed by atoms with Gasteiger partial charge in [0.25, 0.3) is 15.9 Å². The van der Waals surface area contributed by atoms with E-state index < -0.39 is 10.0 Å². The van der Waals surface area contributed by atoms with E-state index in [2.05, 4.69) is 9.62 Å². The Bertz CT molecular complexity index is 1250. The van der Waals surface area contributed by atoms with E-state index in [-0.39, 0.29) is 10.8 Å². The quantitative estimate of drug-likeness (QED) is 0.556. The van der Waals surface area contributed by atoms with Gasteiger partial charge >= 0.3 is 0 Å². The third-order valence-electron chi connectivity index (χ3n) is 5.73. The molecular weight excluding hydrogens is 454 g/mol. The van der Waals surface area contributed by atoms with Crippen LogP contribution in [0.15, 0.2) is 77.7 Å². The van der Waals surface area contributed by atoms with Crippen LogP contribution in [0.1, 0.15) is 10.4 Å². The number of rotatable bonds is 7. The molecule has 9 heteroatoms. The maximum atomic E-state index is 13.1. The molecule has 3 aromatic rings. The molecule has 1 aliphatic heterocycles. The van der Waals surface area contributed by atoms with E-state index in [4.69, 9.17) is 9.47 Å². The normalized spacial score (nSPS) is 13.9. The predicted octanol–water partition coefficient (Wildman–Crippen LogP) is 3.47. The minimum Gasteiger partial charge on any atom is -0.497 e. The number of para-hydroxylation sites is 2. The fraction of sp³-hybridized carbons (Fsp3) is 0.240. The number of ether oxygens (including phenoxy) is 2. The number of methoxy groups -OCH3 is 2. The number of sulfonamides is 1. The molecule has 34 heavy (non-hydrogen) atoms. The lowest BCUT2D eigenvalue weighted by molar-refractivity contribution is 0.0746. The second-order valence-corrected chi connectivity index (χ2v) is 9.50. The number of amides is 1. The summed E-state index contributed by atoms with van der Waals surface area (Å²) >= 11 is 0. The van der Waals surface area contributed by atoms with Gasteiger partial charge in [-0.3, -0.25) is 9.52 Å². The van der Waals surface area contributed by atoms with E-state index in [1.165, 1.54) is 12.1 Å². The van der Waals surface area contributed by atoms with Gasteiger partial charge < -0.3 is 19.3 Å². The summed E-state index contributed by atoms with van der Waals surface area (Å²) in [6.07, 6.45) is 0. The molecule has 1 saturated heterocycles. The van der Waals surface area contributed by atoms with Gasteiger partial charge in [0.1, 0.15) is 11.5 Å². The van der Waals surface area contributed by atoms with Crippen molar-refractivity contribution < 1.29 is 22.7 Å². The Morgan fingerprint density at radius 3 is 2.24 bits per heavy atom. The average molecular weight is 482 g/mol. The van der Waals surface area contributed by atoms with Crippen LogP contribution >= 0.6 is 0 Å². The first-order valence-corrected chi connectivity index (χ1v) is 12.3. The van der Waals surface area contributed by atoms with Crippen molar-refractivity contribution in [2.24, 2.45) is 0 Å². The highest BCUT2D eigenvalue weighted by molar-refractivity contribution is 7.92. The van der Waals surface area contributed by atoms with Gasteiger partial charge in [-0.25, -0.2) is 8.42 Å². The van der Waals surface area contributed by atoms with Gasteiger partial charge in [0.2, 0.25) is 0 Å². The maximum absolute atomic E-state index is 13.1. The summed E-state index contributed by atoms with van der Waals surface area (Å²) in [5.74, 6) is 1.23. The molecule has 0 aliphatic carbocycles. The summed E-state index contributed by atoms with van der Waals surface area (Å²) in [6, 6.07) is 20.5. The number of benzene rings is 3. The van der Waals surface area contributed by atoms with Gasteiger partial charge in [0.05, 0.1) is 24.8 Å². The summed E-state index contributed by atoms with van der Waals surface area (Å²) in [6.45, 7) is 2.36. The van der Waals surface area contributed by atoms with E-state index in [1.54, 1.807) is 55.5 Å². The van der Waals surface area contributed by atoms with Crippen molar-refractivity contribution >= 4 is 27.3 Å². The fourth-order valence-electron chi connectivity index (χ4n) is 3.89. The van der Waals surface area contributed by atoms with Gasteiger partial charge in [-0.05, 0) is 54.6 Å². The summed E-state index contributed by atoms with van der Waals surface area (Å²) in [5.41, 5.74) is 1.74. The Balaban J connectivity index is 1.44. The van der Waals surface area contributed by atoms with Crippen LogP contribution in [0.2, 0.25) is 0 Å². The third-order valence-corrected chi connectivity index (χ3v) is 7.11. The van der Waals surface area contributed by atoms with Crippen molar-refractivity contribution in [1.82, 2.24) is 4.90 Å². The van der Waals surface area contributed by atoms with E-state index >= 15 is 0 Å². The summed E-state index contributed by atoms with van der Waals surface area (Å²) < 4.78 is 38.9. The van der Waals surface area contributed by atoms with Crippen molar-refractivity contribution in [3.63, 3.8) is 0 Å². The standard InChI is InChI=1S/C25H27N3O5S/c1-32-21-12-10-20(11-13-21)26-34(30,31)22-7-5-6-19(18-22)25(29)28-16-14-27(15-17-28)23-8-3-4-9-24(23)33-2/h3-13,18,26H,14-17H2,1-2H3. The van der Waals surface area contributed by atoms with Gasteiger partial charge in [0, 0.05) is 37.4 Å². The van der Waals surface area contributed by atoms with Gasteiger partial charge in [-0.1, -0.05) is 18.2 Å². The topological polar surface area (TPSA) is 88.2 Å². The molecule has 3 aromatic carbocycles. The molecular formula is C25H27N3O5S. The number of anilines is 2. The van der Waals surface area contributed by atoms with Crippen LogP contribution in [-0.4, -0.2) is 59.6 Å². The predicted molar refractivity (Wildman–Crippen MR) is 131 cm³/mol. The van der Waals surface area contributed by atoms with E-state index in [1.807, 2.05) is 24.3 Å². The summed E-state index contributed by atoms with van der Waals surface area (Å²) in [4.78, 5) is 17.1. The third kappa shape index (κ3) is 5.09. The number of carbonyl (C=O) groups excluding carboxylic acids is 1. The Morgan fingerprint density at radius 2 is 1.56 bits per heavy atom. The first-order valence-electron chi connectivity index (χ1n) is 10.9. The Kier molecular flexibility index (Phi) is 6.93. The lowest BCUT2D eigenvalue weighted by atomic mass is 10.1. The zero-order valence-corrected chi connectivity index (χ0v) is 19.9. The van der Waals surface area contributed by atoms with Crippen molar-refractivity contribution in [2.45, 2.75) is 4.90 Å². The summed E-state index contributed by atoms with van der Waals surface area (Å²) in [7, 11) is -0.672. The van der Waals surface area contributed by atoms with Crippen molar-refractivity contribution in [3.05, 3.63) is 78.4 Å². The second kappa shape index (κ2) is 10.0. The maximum Gasteiger partial charge on any atom is 0.261 e. The van der Waals surface area contributed by atoms with Gasteiger partial charge in [-0.15, -0.1) is 0 Å². The van der Waals surface area contributed by atoms with Crippen molar-refractivity contribution in [3.8, 4) is 11.5 Å². The number of hydrogen-bond donors (Lipinski definition) is 1. The molecule has 0 radical (unpaired) electrons. The van der Waals surface area contributed by atoms with Crippen LogP contribution in [0.3, 0.4) is 0 Å². The van der Waals surface area contributed by atoms with E-state index in [0.717, 1.165) is 11.4 Å². The SMILES string of the molecule is COc1ccc(NS(=O)(=O)c2cccc(C(=O)N3CCN(c4ccccc4OC)CC3)c2)cc1. The van der Waals surface area contributed by atoms with Crippen LogP contribution in [0.5, 0.6) is 11.5 Å².